The number of piperidine rings is 1. The van der Waals surface area contributed by atoms with E-state index in [1.54, 1.807) is 18.2 Å². The van der Waals surface area contributed by atoms with E-state index in [0.717, 1.165) is 50.8 Å². The molecule has 3 aromatic rings. The lowest BCUT2D eigenvalue weighted by Gasteiger charge is -2.43. The molecule has 0 unspecified atom stereocenters. The van der Waals surface area contributed by atoms with Crippen LogP contribution in [0.15, 0.2) is 48.8 Å². The van der Waals surface area contributed by atoms with Crippen LogP contribution in [-0.4, -0.2) is 114 Å². The van der Waals surface area contributed by atoms with Crippen molar-refractivity contribution in [3.05, 3.63) is 54.4 Å². The number of amides is 1. The van der Waals surface area contributed by atoms with E-state index in [1.807, 2.05) is 12.1 Å². The van der Waals surface area contributed by atoms with Gasteiger partial charge in [-0.15, -0.1) is 0 Å². The van der Waals surface area contributed by atoms with Gasteiger partial charge in [-0.3, -0.25) is 14.5 Å². The van der Waals surface area contributed by atoms with Crippen LogP contribution in [-0.2, 0) is 19.1 Å². The van der Waals surface area contributed by atoms with E-state index in [4.69, 9.17) is 14.2 Å². The van der Waals surface area contributed by atoms with Crippen molar-refractivity contribution in [2.45, 2.75) is 31.2 Å². The van der Waals surface area contributed by atoms with Crippen molar-refractivity contribution in [2.24, 2.45) is 5.92 Å². The molecule has 0 bridgehead atoms. The van der Waals surface area contributed by atoms with Crippen LogP contribution in [0.3, 0.4) is 0 Å². The highest BCUT2D eigenvalue weighted by atomic mass is 19.1. The third kappa shape index (κ3) is 6.81. The van der Waals surface area contributed by atoms with E-state index in [2.05, 4.69) is 48.3 Å². The molecule has 0 radical (unpaired) electrons. The van der Waals surface area contributed by atoms with E-state index in [9.17, 15) is 14.9 Å². The Morgan fingerprint density at radius 3 is 2.53 bits per heavy atom. The molecule has 1 N–H and O–H groups in total. The first-order valence-corrected chi connectivity index (χ1v) is 15.9. The van der Waals surface area contributed by atoms with Crippen LogP contribution in [0.2, 0.25) is 0 Å². The van der Waals surface area contributed by atoms with E-state index < -0.39 is 24.2 Å². The van der Waals surface area contributed by atoms with Crippen LogP contribution in [0.4, 0.5) is 21.7 Å². The standard InChI is InChI=1S/C33H35FN8O5/c34-27-16-42(32(44)23-14-30(43)46-17-23)8-7-29(27)47-28-6-1-21(13-22(28)15-35)31-36-20-37-33(39-31)38-24-2-4-25(5-3-24)40-9-11-41(12-10-40)26-18-45-19-26/h1-6,13,20,23,26-27,29H,7-12,14,16-19H2,(H,36,37,38,39)/t23-,27+,29-/m0/s1. The lowest BCUT2D eigenvalue weighted by atomic mass is 10.0. The highest BCUT2D eigenvalue weighted by Crippen LogP contribution is 2.30. The van der Waals surface area contributed by atoms with Gasteiger partial charge in [0.15, 0.2) is 12.0 Å². The number of aromatic nitrogens is 3. The maximum Gasteiger partial charge on any atom is 0.306 e. The summed E-state index contributed by atoms with van der Waals surface area (Å²) in [7, 11) is 0. The molecule has 0 spiro atoms. The molecule has 4 aliphatic rings. The number of cyclic esters (lactones) is 1. The minimum Gasteiger partial charge on any atom is -0.486 e. The molecule has 1 aromatic heterocycles. The second kappa shape index (κ2) is 13.5. The third-order valence-electron chi connectivity index (χ3n) is 9.15. The molecule has 0 aliphatic carbocycles. The maximum absolute atomic E-state index is 15.1. The first kappa shape index (κ1) is 30.8. The van der Waals surface area contributed by atoms with Gasteiger partial charge in [0.2, 0.25) is 11.9 Å². The van der Waals surface area contributed by atoms with Crippen molar-refractivity contribution in [1.82, 2.24) is 24.8 Å². The summed E-state index contributed by atoms with van der Waals surface area (Å²) < 4.78 is 31.3. The van der Waals surface area contributed by atoms with Crippen LogP contribution in [0.5, 0.6) is 5.75 Å². The van der Waals surface area contributed by atoms with Crippen LogP contribution in [0.1, 0.15) is 18.4 Å². The summed E-state index contributed by atoms with van der Waals surface area (Å²) in [5.41, 5.74) is 2.78. The molecule has 13 nitrogen and oxygen atoms in total. The van der Waals surface area contributed by atoms with Gasteiger partial charge in [0.05, 0.1) is 43.7 Å². The SMILES string of the molecule is N#Cc1cc(-c2ncnc(Nc3ccc(N4CCN(C5COC5)CC4)cc3)n2)ccc1O[C@H]1CCN(C(=O)[C@@H]2COC(=O)C2)C[C@H]1F. The predicted octanol–water partition coefficient (Wildman–Crippen LogP) is 2.56. The zero-order valence-electron chi connectivity index (χ0n) is 25.8. The van der Waals surface area contributed by atoms with Gasteiger partial charge in [-0.05, 0) is 42.5 Å². The van der Waals surface area contributed by atoms with Crippen molar-refractivity contribution in [1.29, 1.82) is 5.26 Å². The summed E-state index contributed by atoms with van der Waals surface area (Å²) in [6, 6.07) is 15.8. The van der Waals surface area contributed by atoms with Gasteiger partial charge in [0.25, 0.3) is 0 Å². The normalized spacial score (nSPS) is 23.5. The summed E-state index contributed by atoms with van der Waals surface area (Å²) in [5, 5.41) is 13.1. The number of hydrogen-bond acceptors (Lipinski definition) is 12. The summed E-state index contributed by atoms with van der Waals surface area (Å²) in [4.78, 5) is 43.5. The molecule has 1 amide bonds. The van der Waals surface area contributed by atoms with Gasteiger partial charge in [-0.1, -0.05) is 0 Å². The molecular formula is C33H35FN8O5. The second-order valence-electron chi connectivity index (χ2n) is 12.2. The zero-order chi connectivity index (χ0) is 32.3. The Morgan fingerprint density at radius 1 is 1.04 bits per heavy atom. The number of carbonyl (C=O) groups is 2. The summed E-state index contributed by atoms with van der Waals surface area (Å²) in [5.74, 6) is -0.312. The Morgan fingerprint density at radius 2 is 1.85 bits per heavy atom. The number of esters is 1. The fraction of sp³-hybridized carbons (Fsp3) is 0.455. The molecular weight excluding hydrogens is 607 g/mol. The number of piperazine rings is 1. The van der Waals surface area contributed by atoms with Gasteiger partial charge in [-0.2, -0.15) is 10.2 Å². The van der Waals surface area contributed by atoms with Crippen LogP contribution < -0.4 is 15.0 Å². The molecule has 3 atom stereocenters. The number of anilines is 3. The number of hydrogen-bond donors (Lipinski definition) is 1. The number of carbonyl (C=O) groups excluding carboxylic acids is 2. The fourth-order valence-corrected chi connectivity index (χ4v) is 6.33. The lowest BCUT2D eigenvalue weighted by molar-refractivity contribution is -0.139. The maximum atomic E-state index is 15.1. The molecule has 4 aliphatic heterocycles. The summed E-state index contributed by atoms with van der Waals surface area (Å²) >= 11 is 0. The van der Waals surface area contributed by atoms with Gasteiger partial charge >= 0.3 is 5.97 Å². The van der Waals surface area contributed by atoms with E-state index in [-0.39, 0.29) is 49.8 Å². The molecule has 2 aromatic carbocycles. The lowest BCUT2D eigenvalue weighted by Crippen LogP contribution is -2.56. The highest BCUT2D eigenvalue weighted by Gasteiger charge is 2.39. The van der Waals surface area contributed by atoms with Crippen molar-refractivity contribution in [3.63, 3.8) is 0 Å². The predicted molar refractivity (Wildman–Crippen MR) is 168 cm³/mol. The monoisotopic (exact) mass is 642 g/mol. The number of benzene rings is 2. The third-order valence-corrected chi connectivity index (χ3v) is 9.15. The number of nitrogens with one attached hydrogen (secondary N) is 1. The molecule has 7 rings (SSSR count). The van der Waals surface area contributed by atoms with Gasteiger partial charge < -0.3 is 29.3 Å². The van der Waals surface area contributed by atoms with Crippen molar-refractivity contribution >= 4 is 29.2 Å². The minimum atomic E-state index is -1.46. The van der Waals surface area contributed by atoms with Crippen LogP contribution >= 0.6 is 0 Å². The minimum absolute atomic E-state index is 0.0193. The summed E-state index contributed by atoms with van der Waals surface area (Å²) in [6.07, 6.45) is -0.618. The average Bonchev–Trinajstić information content (AvgIpc) is 3.51. The molecule has 4 saturated heterocycles. The largest absolute Gasteiger partial charge is 0.486 e. The number of nitriles is 1. The fourth-order valence-electron chi connectivity index (χ4n) is 6.33. The zero-order valence-corrected chi connectivity index (χ0v) is 25.8. The molecule has 244 valence electrons. The molecule has 5 heterocycles. The summed E-state index contributed by atoms with van der Waals surface area (Å²) in [6.45, 7) is 5.86. The van der Waals surface area contributed by atoms with Gasteiger partial charge in [0, 0.05) is 56.1 Å². The number of alkyl halides is 1. The Labute approximate surface area is 271 Å². The van der Waals surface area contributed by atoms with Crippen LogP contribution in [0, 0.1) is 17.2 Å². The molecule has 47 heavy (non-hydrogen) atoms. The second-order valence-corrected chi connectivity index (χ2v) is 12.2. The van der Waals surface area contributed by atoms with Gasteiger partial charge in [-0.25, -0.2) is 14.4 Å². The van der Waals surface area contributed by atoms with Crippen molar-refractivity contribution in [2.75, 3.05) is 69.3 Å². The Hall–Kier alpha value is -4.87. The van der Waals surface area contributed by atoms with E-state index in [1.165, 1.54) is 11.2 Å². The molecule has 14 heteroatoms. The number of nitrogens with zero attached hydrogens (tertiary/aromatic N) is 7. The first-order valence-electron chi connectivity index (χ1n) is 15.9. The topological polar surface area (TPSA) is 146 Å². The number of rotatable bonds is 8. The van der Waals surface area contributed by atoms with Crippen molar-refractivity contribution in [3.8, 4) is 23.2 Å². The molecule has 4 fully saturated rings. The van der Waals surface area contributed by atoms with E-state index in [0.29, 0.717) is 23.4 Å². The number of halogens is 1. The van der Waals surface area contributed by atoms with Crippen molar-refractivity contribution < 1.29 is 28.2 Å². The Kier molecular flexibility index (Phi) is 8.82. The average molecular weight is 643 g/mol. The van der Waals surface area contributed by atoms with Crippen LogP contribution in [0.25, 0.3) is 11.4 Å². The Balaban J connectivity index is 0.956. The Bertz CT molecular complexity index is 1660. The first-order chi connectivity index (χ1) is 22.9. The smallest absolute Gasteiger partial charge is 0.306 e. The van der Waals surface area contributed by atoms with Gasteiger partial charge in [0.1, 0.15) is 30.9 Å². The highest BCUT2D eigenvalue weighted by molar-refractivity contribution is 5.86. The molecule has 0 saturated carbocycles. The number of ether oxygens (including phenoxy) is 3. The quantitative estimate of drug-likeness (QED) is 0.361. The van der Waals surface area contributed by atoms with E-state index >= 15 is 4.39 Å². The number of likely N-dealkylation sites (tertiary alicyclic amines) is 1.